The summed E-state index contributed by atoms with van der Waals surface area (Å²) in [6.45, 7) is 10.9. The van der Waals surface area contributed by atoms with Gasteiger partial charge in [-0.15, -0.1) is 0 Å². The molecular weight excluding hydrogens is 953 g/mol. The molecule has 5 aromatic rings. The third kappa shape index (κ3) is 9.93. The van der Waals surface area contributed by atoms with Crippen molar-refractivity contribution in [1.82, 2.24) is 19.6 Å². The van der Waals surface area contributed by atoms with Crippen LogP contribution in [0.2, 0.25) is 0 Å². The van der Waals surface area contributed by atoms with Crippen LogP contribution in [0.1, 0.15) is 101 Å². The molecule has 0 bridgehead atoms. The Morgan fingerprint density at radius 2 is 1.74 bits per heavy atom. The topological polar surface area (TPSA) is 214 Å². The molecule has 6 aliphatic rings. The first-order valence-corrected chi connectivity index (χ1v) is 27.4. The largest absolute Gasteiger partial charge is 0.491 e. The van der Waals surface area contributed by atoms with Crippen molar-refractivity contribution < 1.29 is 42.2 Å². The van der Waals surface area contributed by atoms with Gasteiger partial charge in [0, 0.05) is 67.5 Å². The summed E-state index contributed by atoms with van der Waals surface area (Å²) in [6.07, 6.45) is 9.09. The molecule has 18 nitrogen and oxygen atoms in total. The average molecular weight is 1020 g/mol. The standard InChI is InChI=1S/C54H66N8O10S/c1-34(2)71-48-7-5-4-6-40(48)46-32-70-25-23-60(46)38-29-54(30-38)18-21-59(22-19-54)37-8-10-41(43(27-37)61-45-26-36-14-20-55-50(36)57-52(45)72-49-15-24-69-33-47(49)61)51(63)58-73(67,68)39-9-11-42(44(28-39)62(65)66)56-31-35-12-16-53(3,64)17-13-35/h4-11,14,20,26-28,34-35,38,46-47,49,56,64H,12-13,15-19,21-25,29-33H2,1-3H3,(H,55,57)(H,58,63)/t35-,46-,47+,49+,53-/m0/s1. The van der Waals surface area contributed by atoms with E-state index in [0.29, 0.717) is 74.6 Å². The van der Waals surface area contributed by atoms with Crippen LogP contribution in [0.5, 0.6) is 11.6 Å². The highest BCUT2D eigenvalue weighted by Gasteiger charge is 2.50. The molecule has 19 heteroatoms. The molecule has 5 fully saturated rings. The Morgan fingerprint density at radius 3 is 2.52 bits per heavy atom. The summed E-state index contributed by atoms with van der Waals surface area (Å²) in [4.78, 5) is 41.1. The van der Waals surface area contributed by atoms with Gasteiger partial charge in [0.2, 0.25) is 5.88 Å². The van der Waals surface area contributed by atoms with Crippen molar-refractivity contribution in [2.24, 2.45) is 11.3 Å². The third-order valence-electron chi connectivity index (χ3n) is 16.4. The van der Waals surface area contributed by atoms with Crippen LogP contribution in [0.3, 0.4) is 0 Å². The maximum Gasteiger partial charge on any atom is 0.293 e. The molecule has 3 aromatic carbocycles. The zero-order valence-corrected chi connectivity index (χ0v) is 42.6. The summed E-state index contributed by atoms with van der Waals surface area (Å²) in [6, 6.07) is 21.5. The van der Waals surface area contributed by atoms with Crippen molar-refractivity contribution in [2.45, 2.75) is 119 Å². The number of sulfonamides is 1. The predicted molar refractivity (Wildman–Crippen MR) is 277 cm³/mol. The molecule has 2 aromatic heterocycles. The highest BCUT2D eigenvalue weighted by atomic mass is 32.2. The summed E-state index contributed by atoms with van der Waals surface area (Å²) in [5.41, 5.74) is 3.12. The molecule has 3 atom stereocenters. The second kappa shape index (κ2) is 19.7. The molecule has 2 saturated carbocycles. The number of nitro groups is 1. The van der Waals surface area contributed by atoms with E-state index in [2.05, 4.69) is 56.9 Å². The van der Waals surface area contributed by atoms with Crippen LogP contribution < -0.4 is 29.3 Å². The average Bonchev–Trinajstić information content (AvgIpc) is 3.83. The van der Waals surface area contributed by atoms with Gasteiger partial charge in [0.05, 0.1) is 71.3 Å². The highest BCUT2D eigenvalue weighted by Crippen LogP contribution is 2.54. The first-order chi connectivity index (χ1) is 35.1. The van der Waals surface area contributed by atoms with E-state index in [1.807, 2.05) is 42.2 Å². The lowest BCUT2D eigenvalue weighted by Gasteiger charge is -2.57. The molecule has 0 unspecified atom stereocenters. The van der Waals surface area contributed by atoms with Crippen molar-refractivity contribution in [3.05, 3.63) is 100 Å². The number of carbonyl (C=O) groups excluding carboxylic acids is 1. The smallest absolute Gasteiger partial charge is 0.293 e. The van der Waals surface area contributed by atoms with Gasteiger partial charge in [-0.1, -0.05) is 18.2 Å². The Morgan fingerprint density at radius 1 is 0.959 bits per heavy atom. The second-order valence-electron chi connectivity index (χ2n) is 21.7. The minimum Gasteiger partial charge on any atom is -0.491 e. The van der Waals surface area contributed by atoms with Gasteiger partial charge in [-0.2, -0.15) is 4.98 Å². The molecule has 11 rings (SSSR count). The van der Waals surface area contributed by atoms with Gasteiger partial charge in [-0.25, -0.2) is 13.1 Å². The normalized spacial score (nSPS) is 25.4. The number of hydrogen-bond acceptors (Lipinski definition) is 15. The summed E-state index contributed by atoms with van der Waals surface area (Å²) < 4.78 is 55.6. The lowest BCUT2D eigenvalue weighted by Crippen LogP contribution is -2.57. The molecule has 0 radical (unpaired) electrons. The molecule has 3 saturated heterocycles. The number of nitrogens with one attached hydrogen (secondary N) is 3. The Hall–Kier alpha value is -5.99. The van der Waals surface area contributed by atoms with E-state index >= 15 is 0 Å². The van der Waals surface area contributed by atoms with Crippen LogP contribution in [0.4, 0.5) is 28.4 Å². The minimum atomic E-state index is -4.63. The lowest BCUT2D eigenvalue weighted by atomic mass is 9.59. The van der Waals surface area contributed by atoms with Crippen LogP contribution in [0.15, 0.2) is 83.9 Å². The zero-order valence-electron chi connectivity index (χ0n) is 41.8. The molecular formula is C54H66N8O10S. The van der Waals surface area contributed by atoms with E-state index in [1.54, 1.807) is 12.3 Å². The van der Waals surface area contributed by atoms with Gasteiger partial charge in [0.15, 0.2) is 0 Å². The first kappa shape index (κ1) is 49.2. The molecule has 1 spiro atoms. The number of hydrogen-bond donors (Lipinski definition) is 4. The Kier molecular flexibility index (Phi) is 13.3. The fourth-order valence-corrected chi connectivity index (χ4v) is 13.3. The monoisotopic (exact) mass is 1020 g/mol. The Labute approximate surface area is 425 Å². The predicted octanol–water partition coefficient (Wildman–Crippen LogP) is 8.24. The van der Waals surface area contributed by atoms with Gasteiger partial charge in [0.25, 0.3) is 21.6 Å². The first-order valence-electron chi connectivity index (χ1n) is 25.9. The molecule has 1 amide bonds. The summed E-state index contributed by atoms with van der Waals surface area (Å²) >= 11 is 0. The summed E-state index contributed by atoms with van der Waals surface area (Å²) in [5, 5.41) is 26.7. The number of H-pyrrole nitrogens is 1. The van der Waals surface area contributed by atoms with E-state index in [0.717, 1.165) is 81.0 Å². The number of para-hydroxylation sites is 1. The maximum atomic E-state index is 14.7. The van der Waals surface area contributed by atoms with Crippen LogP contribution in [-0.4, -0.2) is 122 Å². The molecule has 73 heavy (non-hydrogen) atoms. The van der Waals surface area contributed by atoms with Gasteiger partial charge in [0.1, 0.15) is 28.9 Å². The maximum absolute atomic E-state index is 14.7. The van der Waals surface area contributed by atoms with E-state index in [4.69, 9.17) is 23.9 Å². The number of fused-ring (bicyclic) bond motifs is 3. The third-order valence-corrected chi connectivity index (χ3v) is 17.7. The number of aliphatic hydroxyl groups is 1. The number of carbonyl (C=O) groups is 1. The molecule has 388 valence electrons. The quantitative estimate of drug-likeness (QED) is 0.0646. The van der Waals surface area contributed by atoms with Crippen molar-refractivity contribution in [3.63, 3.8) is 0 Å². The summed E-state index contributed by atoms with van der Waals surface area (Å²) in [5.74, 6) is 0.600. The number of nitrogens with zero attached hydrogens (tertiary/aromatic N) is 5. The number of anilines is 4. The lowest BCUT2D eigenvalue weighted by molar-refractivity contribution is -0.384. The molecule has 4 N–H and O–H groups in total. The number of rotatable bonds is 13. The minimum absolute atomic E-state index is 0.0658. The number of aromatic nitrogens is 2. The van der Waals surface area contributed by atoms with Crippen molar-refractivity contribution in [2.75, 3.05) is 67.7 Å². The van der Waals surface area contributed by atoms with Gasteiger partial charge in [-0.05, 0) is 132 Å². The van der Waals surface area contributed by atoms with Gasteiger partial charge >= 0.3 is 0 Å². The van der Waals surface area contributed by atoms with E-state index in [9.17, 15) is 28.4 Å². The summed E-state index contributed by atoms with van der Waals surface area (Å²) in [7, 11) is -4.63. The number of benzene rings is 3. The van der Waals surface area contributed by atoms with E-state index < -0.39 is 37.0 Å². The number of pyridine rings is 1. The Balaban J connectivity index is 0.859. The molecule has 6 heterocycles. The van der Waals surface area contributed by atoms with E-state index in [-0.39, 0.29) is 53.5 Å². The van der Waals surface area contributed by atoms with Crippen molar-refractivity contribution >= 4 is 55.4 Å². The van der Waals surface area contributed by atoms with Gasteiger partial charge < -0.3 is 44.2 Å². The number of amides is 1. The number of nitro benzene ring substituents is 1. The van der Waals surface area contributed by atoms with Crippen LogP contribution in [-0.2, 0) is 19.5 Å². The van der Waals surface area contributed by atoms with Crippen molar-refractivity contribution in [3.8, 4) is 11.6 Å². The highest BCUT2D eigenvalue weighted by molar-refractivity contribution is 7.90. The second-order valence-corrected chi connectivity index (χ2v) is 23.3. The molecule has 4 aliphatic heterocycles. The number of morpholine rings is 1. The van der Waals surface area contributed by atoms with Crippen LogP contribution in [0, 0.1) is 21.4 Å². The zero-order chi connectivity index (χ0) is 50.6. The van der Waals surface area contributed by atoms with Crippen LogP contribution in [0.25, 0.3) is 11.0 Å². The number of ether oxygens (including phenoxy) is 4. The SMILES string of the molecule is CC(C)Oc1ccccc1[C@@H]1COCCN1C1CC2(CCN(c3ccc(C(=O)NS(=O)(=O)c4ccc(NC[C@H]5CC[C@](C)(O)CC5)c([N+](=O)[O-])c4)c(N4c5cc6cc[nH]c6nc5O[C@@H]5CCOC[C@H]54)c3)CC2)C1. The van der Waals surface area contributed by atoms with Crippen LogP contribution >= 0.6 is 0 Å². The fourth-order valence-electron chi connectivity index (χ4n) is 12.3. The number of piperidine rings is 1. The van der Waals surface area contributed by atoms with Gasteiger partial charge in [-0.3, -0.25) is 19.8 Å². The van der Waals surface area contributed by atoms with Crippen molar-refractivity contribution in [1.29, 1.82) is 0 Å². The number of aromatic amines is 1. The fraction of sp³-hybridized carbons (Fsp3) is 0.519. The Bertz CT molecular complexity index is 2980. The molecule has 2 aliphatic carbocycles. The van der Waals surface area contributed by atoms with E-state index in [1.165, 1.54) is 17.7 Å².